The summed E-state index contributed by atoms with van der Waals surface area (Å²) in [6, 6.07) is 4.45. The molecule has 18 heavy (non-hydrogen) atoms. The third-order valence-corrected chi connectivity index (χ3v) is 3.10. The van der Waals surface area contributed by atoms with Crippen LogP contribution in [0.25, 0.3) is 0 Å². The lowest BCUT2D eigenvalue weighted by Crippen LogP contribution is -2.22. The quantitative estimate of drug-likeness (QED) is 0.693. The van der Waals surface area contributed by atoms with Gasteiger partial charge < -0.3 is 15.4 Å². The summed E-state index contributed by atoms with van der Waals surface area (Å²) < 4.78 is 5.38. The van der Waals surface area contributed by atoms with Crippen molar-refractivity contribution in [1.82, 2.24) is 10.6 Å². The maximum Gasteiger partial charge on any atom is 0.124 e. The molecule has 0 aliphatic rings. The fourth-order valence-electron chi connectivity index (χ4n) is 2.25. The number of rotatable bonds is 8. The van der Waals surface area contributed by atoms with Gasteiger partial charge in [0.05, 0.1) is 7.11 Å². The lowest BCUT2D eigenvalue weighted by atomic mass is 10.0. The van der Waals surface area contributed by atoms with Gasteiger partial charge in [-0.25, -0.2) is 0 Å². The zero-order valence-electron chi connectivity index (χ0n) is 12.1. The number of hydrogen-bond donors (Lipinski definition) is 2. The maximum atomic E-state index is 5.38. The van der Waals surface area contributed by atoms with Crippen LogP contribution in [0.2, 0.25) is 0 Å². The van der Waals surface area contributed by atoms with E-state index in [1.165, 1.54) is 23.1 Å². The van der Waals surface area contributed by atoms with E-state index in [1.54, 1.807) is 7.11 Å². The molecule has 0 amide bonds. The van der Waals surface area contributed by atoms with Crippen LogP contribution in [0.15, 0.2) is 12.1 Å². The Labute approximate surface area is 111 Å². The Morgan fingerprint density at radius 3 is 2.28 bits per heavy atom. The molecule has 1 aromatic rings. The van der Waals surface area contributed by atoms with E-state index in [1.807, 2.05) is 7.05 Å². The molecule has 0 radical (unpaired) electrons. The van der Waals surface area contributed by atoms with Crippen LogP contribution in [-0.2, 0) is 6.42 Å². The Morgan fingerprint density at radius 1 is 1.06 bits per heavy atom. The van der Waals surface area contributed by atoms with Gasteiger partial charge in [-0.3, -0.25) is 0 Å². The molecule has 1 rings (SSSR count). The number of hydrogen-bond acceptors (Lipinski definition) is 3. The molecule has 0 fully saturated rings. The first-order valence-electron chi connectivity index (χ1n) is 6.68. The number of benzene rings is 1. The van der Waals surface area contributed by atoms with Crippen molar-refractivity contribution in [3.05, 3.63) is 28.8 Å². The fraction of sp³-hybridized carbons (Fsp3) is 0.600. The van der Waals surface area contributed by atoms with Crippen molar-refractivity contribution in [3.63, 3.8) is 0 Å². The molecule has 0 heterocycles. The summed E-state index contributed by atoms with van der Waals surface area (Å²) in [4.78, 5) is 0. The topological polar surface area (TPSA) is 33.3 Å². The van der Waals surface area contributed by atoms with Gasteiger partial charge in [0.2, 0.25) is 0 Å². The van der Waals surface area contributed by atoms with E-state index >= 15 is 0 Å². The number of aryl methyl sites for hydroxylation is 2. The standard InChI is InChI=1S/C15H26N2O/c1-12-10-14(11-13(2)15(12)18-4)6-9-17-8-5-7-16-3/h10-11,16-17H,5-9H2,1-4H3. The largest absolute Gasteiger partial charge is 0.496 e. The molecule has 2 N–H and O–H groups in total. The number of nitrogens with one attached hydrogen (secondary N) is 2. The van der Waals surface area contributed by atoms with Crippen LogP contribution in [0.3, 0.4) is 0 Å². The summed E-state index contributed by atoms with van der Waals surface area (Å²) in [6.45, 7) is 7.41. The van der Waals surface area contributed by atoms with E-state index in [2.05, 4.69) is 36.6 Å². The van der Waals surface area contributed by atoms with Crippen molar-refractivity contribution in [2.45, 2.75) is 26.7 Å². The lowest BCUT2D eigenvalue weighted by molar-refractivity contribution is 0.408. The average Bonchev–Trinajstić information content (AvgIpc) is 2.33. The first-order chi connectivity index (χ1) is 8.69. The fourth-order valence-corrected chi connectivity index (χ4v) is 2.25. The van der Waals surface area contributed by atoms with E-state index in [-0.39, 0.29) is 0 Å². The summed E-state index contributed by atoms with van der Waals surface area (Å²) in [7, 11) is 3.72. The van der Waals surface area contributed by atoms with Crippen molar-refractivity contribution in [2.75, 3.05) is 33.8 Å². The van der Waals surface area contributed by atoms with Crippen molar-refractivity contribution in [1.29, 1.82) is 0 Å². The zero-order chi connectivity index (χ0) is 13.4. The molecule has 0 saturated heterocycles. The minimum Gasteiger partial charge on any atom is -0.496 e. The predicted molar refractivity (Wildman–Crippen MR) is 77.6 cm³/mol. The van der Waals surface area contributed by atoms with Crippen molar-refractivity contribution < 1.29 is 4.74 Å². The highest BCUT2D eigenvalue weighted by atomic mass is 16.5. The first-order valence-corrected chi connectivity index (χ1v) is 6.68. The van der Waals surface area contributed by atoms with Gasteiger partial charge in [0.15, 0.2) is 0 Å². The van der Waals surface area contributed by atoms with E-state index < -0.39 is 0 Å². The second kappa shape index (κ2) is 8.11. The van der Waals surface area contributed by atoms with E-state index in [0.29, 0.717) is 0 Å². The average molecular weight is 250 g/mol. The minimum atomic E-state index is 1.01. The molecule has 102 valence electrons. The van der Waals surface area contributed by atoms with Gasteiger partial charge in [-0.1, -0.05) is 12.1 Å². The normalized spacial score (nSPS) is 10.7. The number of methoxy groups -OCH3 is 1. The van der Waals surface area contributed by atoms with Gasteiger partial charge in [-0.05, 0) is 70.1 Å². The molecule has 0 unspecified atom stereocenters. The van der Waals surface area contributed by atoms with Crippen LogP contribution in [-0.4, -0.2) is 33.8 Å². The van der Waals surface area contributed by atoms with Crippen LogP contribution in [0.1, 0.15) is 23.1 Å². The molecular weight excluding hydrogens is 224 g/mol. The second-order valence-electron chi connectivity index (χ2n) is 4.72. The highest BCUT2D eigenvalue weighted by Crippen LogP contribution is 2.24. The highest BCUT2D eigenvalue weighted by molar-refractivity contribution is 5.43. The summed E-state index contributed by atoms with van der Waals surface area (Å²) >= 11 is 0. The monoisotopic (exact) mass is 250 g/mol. The van der Waals surface area contributed by atoms with E-state index in [9.17, 15) is 0 Å². The smallest absolute Gasteiger partial charge is 0.124 e. The third kappa shape index (κ3) is 4.67. The van der Waals surface area contributed by atoms with Crippen LogP contribution in [0.4, 0.5) is 0 Å². The molecule has 0 aliphatic heterocycles. The SMILES string of the molecule is CNCCCNCCc1cc(C)c(OC)c(C)c1. The van der Waals surface area contributed by atoms with Crippen LogP contribution >= 0.6 is 0 Å². The number of ether oxygens (including phenoxy) is 1. The molecule has 0 saturated carbocycles. The van der Waals surface area contributed by atoms with Crippen LogP contribution in [0, 0.1) is 13.8 Å². The molecule has 0 spiro atoms. The first kappa shape index (κ1) is 15.0. The minimum absolute atomic E-state index is 1.01. The van der Waals surface area contributed by atoms with Gasteiger partial charge in [0.1, 0.15) is 5.75 Å². The van der Waals surface area contributed by atoms with Gasteiger partial charge in [-0.2, -0.15) is 0 Å². The van der Waals surface area contributed by atoms with Gasteiger partial charge in [-0.15, -0.1) is 0 Å². The summed E-state index contributed by atoms with van der Waals surface area (Å²) in [6.07, 6.45) is 2.25. The predicted octanol–water partition coefficient (Wildman–Crippen LogP) is 2.05. The summed E-state index contributed by atoms with van der Waals surface area (Å²) in [5.74, 6) is 1.01. The zero-order valence-corrected chi connectivity index (χ0v) is 12.1. The van der Waals surface area contributed by atoms with Crippen molar-refractivity contribution >= 4 is 0 Å². The lowest BCUT2D eigenvalue weighted by Gasteiger charge is -2.11. The molecule has 1 aromatic carbocycles. The molecular formula is C15H26N2O. The second-order valence-corrected chi connectivity index (χ2v) is 4.72. The molecule has 3 nitrogen and oxygen atoms in total. The Kier molecular flexibility index (Phi) is 6.76. The van der Waals surface area contributed by atoms with Crippen LogP contribution < -0.4 is 15.4 Å². The highest BCUT2D eigenvalue weighted by Gasteiger charge is 2.04. The molecule has 0 bridgehead atoms. The van der Waals surface area contributed by atoms with Crippen molar-refractivity contribution in [2.24, 2.45) is 0 Å². The maximum absolute atomic E-state index is 5.38. The Balaban J connectivity index is 2.39. The molecule has 3 heteroatoms. The Bertz CT molecular complexity index is 341. The molecule has 0 atom stereocenters. The molecule has 0 aliphatic carbocycles. The van der Waals surface area contributed by atoms with E-state index in [0.717, 1.165) is 31.8 Å². The van der Waals surface area contributed by atoms with Gasteiger partial charge in [0, 0.05) is 0 Å². The molecule has 0 aromatic heterocycles. The van der Waals surface area contributed by atoms with Crippen LogP contribution in [0.5, 0.6) is 5.75 Å². The summed E-state index contributed by atoms with van der Waals surface area (Å²) in [5.41, 5.74) is 3.83. The van der Waals surface area contributed by atoms with Gasteiger partial charge >= 0.3 is 0 Å². The Morgan fingerprint density at radius 2 is 1.72 bits per heavy atom. The summed E-state index contributed by atoms with van der Waals surface area (Å²) in [5, 5.41) is 6.61. The van der Waals surface area contributed by atoms with Crippen molar-refractivity contribution in [3.8, 4) is 5.75 Å². The van der Waals surface area contributed by atoms with Gasteiger partial charge in [0.25, 0.3) is 0 Å². The Hall–Kier alpha value is -1.06. The van der Waals surface area contributed by atoms with E-state index in [4.69, 9.17) is 4.74 Å². The third-order valence-electron chi connectivity index (χ3n) is 3.10.